The topological polar surface area (TPSA) is 88.1 Å². The van der Waals surface area contributed by atoms with Gasteiger partial charge < -0.3 is 18.9 Å². The molecular formula is C24H27BrO7S2. The molecule has 34 heavy (non-hydrogen) atoms. The first-order valence-electron chi connectivity index (χ1n) is 10.6. The molecule has 1 fully saturated rings. The highest BCUT2D eigenvalue weighted by Crippen LogP contribution is 2.42. The van der Waals surface area contributed by atoms with Crippen molar-refractivity contribution < 1.29 is 33.3 Å². The van der Waals surface area contributed by atoms with Crippen molar-refractivity contribution in [1.29, 1.82) is 0 Å². The maximum absolute atomic E-state index is 12.0. The molecule has 0 bridgehead atoms. The van der Waals surface area contributed by atoms with Gasteiger partial charge in [-0.15, -0.1) is 11.3 Å². The van der Waals surface area contributed by atoms with Crippen molar-refractivity contribution in [2.45, 2.75) is 64.0 Å². The summed E-state index contributed by atoms with van der Waals surface area (Å²) in [5.41, 5.74) is 3.12. The van der Waals surface area contributed by atoms with E-state index in [0.29, 0.717) is 0 Å². The van der Waals surface area contributed by atoms with Gasteiger partial charge in [-0.05, 0) is 57.9 Å². The minimum Gasteiger partial charge on any atom is -0.457 e. The van der Waals surface area contributed by atoms with Gasteiger partial charge in [0, 0.05) is 32.1 Å². The van der Waals surface area contributed by atoms with E-state index in [9.17, 15) is 14.4 Å². The smallest absolute Gasteiger partial charge is 0.305 e. The summed E-state index contributed by atoms with van der Waals surface area (Å²) in [5.74, 6) is -1.73. The van der Waals surface area contributed by atoms with Gasteiger partial charge in [-0.25, -0.2) is 0 Å². The molecule has 7 nitrogen and oxygen atoms in total. The Morgan fingerprint density at radius 3 is 2.21 bits per heavy atom. The summed E-state index contributed by atoms with van der Waals surface area (Å²) >= 11 is 6.62. The second kappa shape index (κ2) is 11.7. The summed E-state index contributed by atoms with van der Waals surface area (Å²) in [7, 11) is 0. The Morgan fingerprint density at radius 2 is 1.65 bits per heavy atom. The molecule has 1 aliphatic heterocycles. The maximum atomic E-state index is 12.0. The molecule has 0 radical (unpaired) electrons. The number of rotatable bonds is 7. The number of carbonyl (C=O) groups excluding carboxylic acids is 3. The number of aryl methyl sites for hydroxylation is 1. The van der Waals surface area contributed by atoms with Crippen LogP contribution in [0.4, 0.5) is 0 Å². The van der Waals surface area contributed by atoms with E-state index in [2.05, 4.69) is 35.0 Å². The predicted octanol–water partition coefficient (Wildman–Crippen LogP) is 4.97. The maximum Gasteiger partial charge on any atom is 0.305 e. The Kier molecular flexibility index (Phi) is 9.20. The minimum absolute atomic E-state index is 0.411. The van der Waals surface area contributed by atoms with E-state index in [4.69, 9.17) is 18.9 Å². The Hall–Kier alpha value is -1.88. The van der Waals surface area contributed by atoms with Crippen LogP contribution in [0.5, 0.6) is 0 Å². The second-order valence-corrected chi connectivity index (χ2v) is 11.5. The number of halogens is 1. The summed E-state index contributed by atoms with van der Waals surface area (Å²) in [6.07, 6.45) is -1.15. The van der Waals surface area contributed by atoms with Crippen LogP contribution in [0.3, 0.4) is 0 Å². The Bertz CT molecular complexity index is 1050. The number of benzene rings is 1. The van der Waals surface area contributed by atoms with Gasteiger partial charge in [0.25, 0.3) is 0 Å². The standard InChI is InChI=1S/C24H27BrO7S2/c1-12-6-7-16(10-17(12)11-18-8-9-19(25)34-18)20-23(33-5)21(29-13(2)26)22(30-14(3)27)24(32-20)31-15(4)28/h6-10,20-24H,11H2,1-5H3/t20?,21-,22-,23-,24-/m0/s1. The van der Waals surface area contributed by atoms with Crippen molar-refractivity contribution >= 4 is 56.9 Å². The van der Waals surface area contributed by atoms with Crippen molar-refractivity contribution in [2.75, 3.05) is 6.26 Å². The van der Waals surface area contributed by atoms with Crippen LogP contribution < -0.4 is 0 Å². The lowest BCUT2D eigenvalue weighted by Gasteiger charge is -2.44. The van der Waals surface area contributed by atoms with Gasteiger partial charge in [-0.3, -0.25) is 14.4 Å². The van der Waals surface area contributed by atoms with Gasteiger partial charge in [0.15, 0.2) is 6.10 Å². The van der Waals surface area contributed by atoms with Crippen LogP contribution in [0.15, 0.2) is 34.1 Å². The van der Waals surface area contributed by atoms with E-state index in [-0.39, 0.29) is 0 Å². The molecule has 0 aliphatic carbocycles. The van der Waals surface area contributed by atoms with Crippen LogP contribution in [-0.4, -0.2) is 47.9 Å². The zero-order chi connectivity index (χ0) is 25.0. The monoisotopic (exact) mass is 570 g/mol. The Labute approximate surface area is 215 Å². The summed E-state index contributed by atoms with van der Waals surface area (Å²) < 4.78 is 23.7. The molecule has 2 heterocycles. The third kappa shape index (κ3) is 6.62. The predicted molar refractivity (Wildman–Crippen MR) is 134 cm³/mol. The molecule has 1 unspecified atom stereocenters. The first kappa shape index (κ1) is 26.7. The van der Waals surface area contributed by atoms with Gasteiger partial charge in [0.1, 0.15) is 6.10 Å². The highest BCUT2D eigenvalue weighted by Gasteiger charge is 2.51. The van der Waals surface area contributed by atoms with E-state index in [0.717, 1.165) is 26.9 Å². The number of carbonyl (C=O) groups is 3. The van der Waals surface area contributed by atoms with Gasteiger partial charge in [-0.1, -0.05) is 18.2 Å². The third-order valence-electron chi connectivity index (χ3n) is 5.35. The zero-order valence-corrected chi connectivity index (χ0v) is 22.8. The Morgan fingerprint density at radius 1 is 1.00 bits per heavy atom. The van der Waals surface area contributed by atoms with Crippen molar-refractivity contribution in [1.82, 2.24) is 0 Å². The molecule has 1 saturated heterocycles. The molecule has 10 heteroatoms. The normalized spacial score (nSPS) is 24.4. The lowest BCUT2D eigenvalue weighted by atomic mass is 9.92. The van der Waals surface area contributed by atoms with Crippen LogP contribution >= 0.6 is 39.0 Å². The van der Waals surface area contributed by atoms with Crippen LogP contribution in [0.2, 0.25) is 0 Å². The average molecular weight is 572 g/mol. The van der Waals surface area contributed by atoms with Crippen molar-refractivity contribution in [3.8, 4) is 0 Å². The molecule has 1 aliphatic rings. The van der Waals surface area contributed by atoms with Crippen molar-refractivity contribution in [2.24, 2.45) is 0 Å². The number of hydrogen-bond donors (Lipinski definition) is 0. The van der Waals surface area contributed by atoms with E-state index in [1.54, 1.807) is 11.3 Å². The number of esters is 3. The second-order valence-electron chi connectivity index (χ2n) is 7.95. The quantitative estimate of drug-likeness (QED) is 0.340. The van der Waals surface area contributed by atoms with E-state index < -0.39 is 47.8 Å². The van der Waals surface area contributed by atoms with Gasteiger partial charge in [-0.2, -0.15) is 11.8 Å². The molecule has 1 aromatic heterocycles. The fourth-order valence-corrected chi connectivity index (χ4v) is 6.38. The lowest BCUT2D eigenvalue weighted by Crippen LogP contribution is -2.57. The summed E-state index contributed by atoms with van der Waals surface area (Å²) in [6.45, 7) is 5.82. The molecule has 2 aromatic rings. The summed E-state index contributed by atoms with van der Waals surface area (Å²) in [5, 5.41) is -0.411. The summed E-state index contributed by atoms with van der Waals surface area (Å²) in [6, 6.07) is 10.2. The first-order valence-corrected chi connectivity index (χ1v) is 13.5. The van der Waals surface area contributed by atoms with Gasteiger partial charge in [0.2, 0.25) is 12.4 Å². The fraction of sp³-hybridized carbons (Fsp3) is 0.458. The van der Waals surface area contributed by atoms with Crippen LogP contribution in [0.25, 0.3) is 0 Å². The SMILES string of the molecule is CS[C@H]1C(c2ccc(C)c(Cc3ccc(Br)s3)c2)O[C@H](OC(C)=O)[C@@H](OC(C)=O)[C@@H]1OC(C)=O. The largest absolute Gasteiger partial charge is 0.457 e. The number of thioether (sulfide) groups is 1. The molecule has 184 valence electrons. The highest BCUT2D eigenvalue weighted by atomic mass is 79.9. The van der Waals surface area contributed by atoms with Crippen LogP contribution in [0.1, 0.15) is 48.4 Å². The van der Waals surface area contributed by atoms with Gasteiger partial charge in [0.05, 0.1) is 9.04 Å². The van der Waals surface area contributed by atoms with E-state index in [1.807, 2.05) is 24.5 Å². The first-order chi connectivity index (χ1) is 16.1. The Balaban J connectivity index is 2.01. The minimum atomic E-state index is -1.22. The van der Waals surface area contributed by atoms with Crippen molar-refractivity contribution in [3.05, 3.63) is 55.7 Å². The molecule has 0 amide bonds. The third-order valence-corrected chi connectivity index (χ3v) is 8.03. The molecule has 5 atom stereocenters. The number of ether oxygens (including phenoxy) is 4. The molecular weight excluding hydrogens is 544 g/mol. The zero-order valence-electron chi connectivity index (χ0n) is 19.5. The molecule has 0 saturated carbocycles. The highest BCUT2D eigenvalue weighted by molar-refractivity contribution is 9.11. The van der Waals surface area contributed by atoms with Gasteiger partial charge >= 0.3 is 17.9 Å². The molecule has 0 N–H and O–H groups in total. The van der Waals surface area contributed by atoms with E-state index in [1.165, 1.54) is 37.4 Å². The molecule has 0 spiro atoms. The fourth-order valence-electron chi connectivity index (χ4n) is 3.93. The number of hydrogen-bond acceptors (Lipinski definition) is 9. The average Bonchev–Trinajstić information content (AvgIpc) is 3.15. The molecule has 3 rings (SSSR count). The van der Waals surface area contributed by atoms with Crippen molar-refractivity contribution in [3.63, 3.8) is 0 Å². The van der Waals surface area contributed by atoms with Crippen LogP contribution in [-0.2, 0) is 39.8 Å². The number of thiophene rings is 1. The van der Waals surface area contributed by atoms with Crippen LogP contribution in [0, 0.1) is 6.92 Å². The summed E-state index contributed by atoms with van der Waals surface area (Å²) in [4.78, 5) is 36.8. The van der Waals surface area contributed by atoms with E-state index >= 15 is 0 Å². The molecule has 1 aromatic carbocycles. The lowest BCUT2D eigenvalue weighted by molar-refractivity contribution is -0.266.